The number of fused-ring (bicyclic) bond motifs is 1. The van der Waals surface area contributed by atoms with Gasteiger partial charge >= 0.3 is 0 Å². The molecule has 0 saturated carbocycles. The third kappa shape index (κ3) is 2.28. The molecule has 1 heterocycles. The Morgan fingerprint density at radius 2 is 2.12 bits per heavy atom. The predicted octanol–water partition coefficient (Wildman–Crippen LogP) is 3.56. The van der Waals surface area contributed by atoms with Crippen LogP contribution in [0.25, 0.3) is 0 Å². The summed E-state index contributed by atoms with van der Waals surface area (Å²) < 4.78 is 5.67. The molecule has 1 aliphatic carbocycles. The molecule has 1 aromatic heterocycles. The lowest BCUT2D eigenvalue weighted by Crippen LogP contribution is -1.87. The second kappa shape index (κ2) is 4.63. The van der Waals surface area contributed by atoms with E-state index in [-0.39, 0.29) is 0 Å². The van der Waals surface area contributed by atoms with Crippen molar-refractivity contribution < 1.29 is 4.74 Å². The fraction of sp³-hybridized carbons (Fsp3) is 0.333. The van der Waals surface area contributed by atoms with Crippen molar-refractivity contribution in [3.8, 4) is 10.9 Å². The number of ether oxygens (including phenoxy) is 1. The molecule has 0 amide bonds. The molecular formula is C12H11ClN2OS. The molecule has 0 atom stereocenters. The van der Waals surface area contributed by atoms with Crippen LogP contribution in [-0.4, -0.2) is 10.2 Å². The first kappa shape index (κ1) is 11.0. The number of alkyl halides is 1. The summed E-state index contributed by atoms with van der Waals surface area (Å²) in [6.45, 7) is 0. The molecule has 1 aliphatic rings. The highest BCUT2D eigenvalue weighted by Gasteiger charge is 2.12. The highest BCUT2D eigenvalue weighted by molar-refractivity contribution is 7.13. The van der Waals surface area contributed by atoms with Crippen LogP contribution in [0, 0.1) is 0 Å². The van der Waals surface area contributed by atoms with Gasteiger partial charge in [-0.3, -0.25) is 0 Å². The van der Waals surface area contributed by atoms with Crippen LogP contribution >= 0.6 is 22.9 Å². The Morgan fingerprint density at radius 1 is 1.24 bits per heavy atom. The summed E-state index contributed by atoms with van der Waals surface area (Å²) >= 11 is 7.06. The van der Waals surface area contributed by atoms with Gasteiger partial charge in [-0.25, -0.2) is 0 Å². The monoisotopic (exact) mass is 266 g/mol. The van der Waals surface area contributed by atoms with Gasteiger partial charge in [0.25, 0.3) is 5.19 Å². The molecule has 2 aromatic rings. The molecule has 3 nitrogen and oxygen atoms in total. The maximum atomic E-state index is 5.67. The number of benzene rings is 1. The van der Waals surface area contributed by atoms with Gasteiger partial charge in [0.1, 0.15) is 10.8 Å². The zero-order valence-electron chi connectivity index (χ0n) is 9.15. The summed E-state index contributed by atoms with van der Waals surface area (Å²) in [5.74, 6) is 1.22. The maximum Gasteiger partial charge on any atom is 0.299 e. The van der Waals surface area contributed by atoms with Gasteiger partial charge in [-0.2, -0.15) is 0 Å². The molecule has 88 valence electrons. The minimum Gasteiger partial charge on any atom is -0.430 e. The summed E-state index contributed by atoms with van der Waals surface area (Å²) in [6, 6.07) is 6.23. The molecule has 17 heavy (non-hydrogen) atoms. The van der Waals surface area contributed by atoms with Gasteiger partial charge in [-0.15, -0.1) is 16.7 Å². The van der Waals surface area contributed by atoms with E-state index in [1.54, 1.807) is 0 Å². The summed E-state index contributed by atoms with van der Waals surface area (Å²) in [4.78, 5) is 0. The molecule has 0 fully saturated rings. The molecule has 5 heteroatoms. The molecule has 0 radical (unpaired) electrons. The molecule has 0 N–H and O–H groups in total. The number of hydrogen-bond acceptors (Lipinski definition) is 4. The van der Waals surface area contributed by atoms with Crippen LogP contribution in [0.2, 0.25) is 0 Å². The standard InChI is InChI=1S/C12H11ClN2OS/c13-7-11-14-15-12(17-11)16-10-5-4-8-2-1-3-9(8)6-10/h4-6H,1-3,7H2. The van der Waals surface area contributed by atoms with Crippen LogP contribution in [0.5, 0.6) is 10.9 Å². The first-order chi connectivity index (χ1) is 8.35. The SMILES string of the molecule is ClCc1nnc(Oc2ccc3c(c2)CCC3)s1. The van der Waals surface area contributed by atoms with E-state index < -0.39 is 0 Å². The highest BCUT2D eigenvalue weighted by atomic mass is 35.5. The zero-order valence-corrected chi connectivity index (χ0v) is 10.7. The van der Waals surface area contributed by atoms with Crippen LogP contribution in [0.4, 0.5) is 0 Å². The van der Waals surface area contributed by atoms with Crippen LogP contribution in [0.3, 0.4) is 0 Å². The van der Waals surface area contributed by atoms with Gasteiger partial charge < -0.3 is 4.74 Å². The van der Waals surface area contributed by atoms with E-state index in [0.29, 0.717) is 11.1 Å². The van der Waals surface area contributed by atoms with Crippen LogP contribution in [0.1, 0.15) is 22.6 Å². The normalized spacial score (nSPS) is 13.7. The Hall–Kier alpha value is -1.13. The lowest BCUT2D eigenvalue weighted by atomic mass is 10.1. The Bertz CT molecular complexity index is 541. The van der Waals surface area contributed by atoms with E-state index in [2.05, 4.69) is 22.3 Å². The second-order valence-corrected chi connectivity index (χ2v) is 5.27. The van der Waals surface area contributed by atoms with Gasteiger partial charge in [0.15, 0.2) is 0 Å². The Morgan fingerprint density at radius 3 is 2.94 bits per heavy atom. The number of aryl methyl sites for hydroxylation is 2. The number of aromatic nitrogens is 2. The minimum atomic E-state index is 0.380. The summed E-state index contributed by atoms with van der Waals surface area (Å²) in [5.41, 5.74) is 2.83. The van der Waals surface area contributed by atoms with Crippen molar-refractivity contribution >= 4 is 22.9 Å². The van der Waals surface area contributed by atoms with Crippen molar-refractivity contribution in [2.75, 3.05) is 0 Å². The average molecular weight is 267 g/mol. The van der Waals surface area contributed by atoms with Crippen molar-refractivity contribution in [2.24, 2.45) is 0 Å². The quantitative estimate of drug-likeness (QED) is 0.797. The highest BCUT2D eigenvalue weighted by Crippen LogP contribution is 2.30. The van der Waals surface area contributed by atoms with Gasteiger partial charge in [0.2, 0.25) is 0 Å². The number of hydrogen-bond donors (Lipinski definition) is 0. The van der Waals surface area contributed by atoms with Crippen molar-refractivity contribution in [3.63, 3.8) is 0 Å². The van der Waals surface area contributed by atoms with Crippen molar-refractivity contribution in [2.45, 2.75) is 25.1 Å². The molecule has 1 aromatic carbocycles. The first-order valence-corrected chi connectivity index (χ1v) is 6.88. The van der Waals surface area contributed by atoms with Crippen LogP contribution < -0.4 is 4.74 Å². The Kier molecular flexibility index (Phi) is 2.99. The van der Waals surface area contributed by atoms with Crippen LogP contribution in [0.15, 0.2) is 18.2 Å². The summed E-state index contributed by atoms with van der Waals surface area (Å²) in [7, 11) is 0. The van der Waals surface area contributed by atoms with Gasteiger partial charge in [-0.05, 0) is 42.5 Å². The van der Waals surface area contributed by atoms with Crippen molar-refractivity contribution in [1.82, 2.24) is 10.2 Å². The number of halogens is 1. The number of rotatable bonds is 3. The van der Waals surface area contributed by atoms with E-state index in [1.165, 1.54) is 35.3 Å². The lowest BCUT2D eigenvalue weighted by Gasteiger charge is -2.03. The number of nitrogens with zero attached hydrogens (tertiary/aromatic N) is 2. The van der Waals surface area contributed by atoms with Crippen molar-refractivity contribution in [1.29, 1.82) is 0 Å². The second-order valence-electron chi connectivity index (χ2n) is 3.98. The van der Waals surface area contributed by atoms with E-state index in [1.807, 2.05) is 6.07 Å². The molecule has 0 saturated heterocycles. The van der Waals surface area contributed by atoms with Crippen molar-refractivity contribution in [3.05, 3.63) is 34.3 Å². The maximum absolute atomic E-state index is 5.67. The largest absolute Gasteiger partial charge is 0.430 e. The van der Waals surface area contributed by atoms with Gasteiger partial charge in [-0.1, -0.05) is 22.5 Å². The molecule has 0 bridgehead atoms. The molecule has 0 spiro atoms. The zero-order chi connectivity index (χ0) is 11.7. The Labute approximate surface area is 108 Å². The summed E-state index contributed by atoms with van der Waals surface area (Å²) in [5, 5.41) is 9.19. The average Bonchev–Trinajstić information content (AvgIpc) is 2.96. The van der Waals surface area contributed by atoms with E-state index in [0.717, 1.165) is 17.2 Å². The third-order valence-electron chi connectivity index (χ3n) is 2.84. The molecule has 0 unspecified atom stereocenters. The minimum absolute atomic E-state index is 0.380. The molecule has 0 aliphatic heterocycles. The van der Waals surface area contributed by atoms with E-state index in [4.69, 9.17) is 16.3 Å². The van der Waals surface area contributed by atoms with Gasteiger partial charge in [0.05, 0.1) is 5.88 Å². The fourth-order valence-electron chi connectivity index (χ4n) is 2.05. The summed E-state index contributed by atoms with van der Waals surface area (Å²) in [6.07, 6.45) is 3.58. The van der Waals surface area contributed by atoms with Gasteiger partial charge in [0, 0.05) is 0 Å². The smallest absolute Gasteiger partial charge is 0.299 e. The predicted molar refractivity (Wildman–Crippen MR) is 68.0 cm³/mol. The van der Waals surface area contributed by atoms with E-state index in [9.17, 15) is 0 Å². The van der Waals surface area contributed by atoms with E-state index >= 15 is 0 Å². The first-order valence-electron chi connectivity index (χ1n) is 5.53. The topological polar surface area (TPSA) is 35.0 Å². The Balaban J connectivity index is 1.80. The fourth-order valence-corrected chi connectivity index (χ4v) is 2.82. The molecule has 3 rings (SSSR count). The molecular weight excluding hydrogens is 256 g/mol. The third-order valence-corrected chi connectivity index (χ3v) is 4.05. The van der Waals surface area contributed by atoms with Crippen LogP contribution in [-0.2, 0) is 18.7 Å². The lowest BCUT2D eigenvalue weighted by molar-refractivity contribution is 0.472.